The summed E-state index contributed by atoms with van der Waals surface area (Å²) in [5, 5.41) is 8.46. The van der Waals surface area contributed by atoms with Crippen LogP contribution in [0.15, 0.2) is 48.5 Å². The number of methoxy groups -OCH3 is 1. The highest BCUT2D eigenvalue weighted by Crippen LogP contribution is 2.27. The fraction of sp³-hybridized carbons (Fsp3) is 0.440. The van der Waals surface area contributed by atoms with Crippen molar-refractivity contribution >= 4 is 11.9 Å². The number of carboxylic acid groups (broad SMARTS) is 1. The molecule has 0 bridgehead atoms. The first kappa shape index (κ1) is 28.0. The molecule has 0 amide bonds. The predicted octanol–water partition coefficient (Wildman–Crippen LogP) is 4.13. The lowest BCUT2D eigenvalue weighted by molar-refractivity contribution is -0.194. The maximum absolute atomic E-state index is 13.7. The molecule has 0 aliphatic rings. The van der Waals surface area contributed by atoms with Gasteiger partial charge in [-0.15, -0.1) is 0 Å². The van der Waals surface area contributed by atoms with Gasteiger partial charge < -0.3 is 19.3 Å². The number of carboxylic acids is 1. The molecule has 0 aliphatic carbocycles. The van der Waals surface area contributed by atoms with E-state index in [0.717, 1.165) is 23.3 Å². The Hall–Kier alpha value is -3.27. The van der Waals surface area contributed by atoms with E-state index < -0.39 is 36.4 Å². The molecular formula is C25H30F3NO6. The number of alkyl halides is 3. The topological polar surface area (TPSA) is 85.3 Å². The molecule has 0 aromatic heterocycles. The van der Waals surface area contributed by atoms with E-state index in [4.69, 9.17) is 14.6 Å². The molecule has 10 heteroatoms. The van der Waals surface area contributed by atoms with Crippen molar-refractivity contribution in [1.29, 1.82) is 0 Å². The molecule has 2 aromatic carbocycles. The third-order valence-electron chi connectivity index (χ3n) is 5.28. The number of rotatable bonds is 13. The van der Waals surface area contributed by atoms with E-state index in [2.05, 4.69) is 4.74 Å². The van der Waals surface area contributed by atoms with Crippen LogP contribution in [-0.2, 0) is 27.2 Å². The number of carbonyl (C=O) groups is 2. The summed E-state index contributed by atoms with van der Waals surface area (Å²) < 4.78 is 56.7. The van der Waals surface area contributed by atoms with Crippen molar-refractivity contribution in [1.82, 2.24) is 4.90 Å². The summed E-state index contributed by atoms with van der Waals surface area (Å²) in [7, 11) is 5.01. The van der Waals surface area contributed by atoms with Gasteiger partial charge in [-0.3, -0.25) is 4.90 Å². The molecule has 0 radical (unpaired) electrons. The number of ether oxygens (including phenoxy) is 3. The van der Waals surface area contributed by atoms with Crippen molar-refractivity contribution < 1.29 is 42.1 Å². The number of nitrogens with zero attached hydrogens (tertiary/aromatic N) is 1. The van der Waals surface area contributed by atoms with E-state index in [1.165, 1.54) is 6.92 Å². The van der Waals surface area contributed by atoms with Gasteiger partial charge in [-0.2, -0.15) is 8.78 Å². The van der Waals surface area contributed by atoms with Crippen LogP contribution in [0.25, 0.3) is 0 Å². The summed E-state index contributed by atoms with van der Waals surface area (Å²) in [6, 6.07) is 15.1. The van der Waals surface area contributed by atoms with Gasteiger partial charge in [0.05, 0.1) is 7.11 Å². The molecule has 0 spiro atoms. The van der Waals surface area contributed by atoms with Gasteiger partial charge in [0.1, 0.15) is 17.6 Å². The number of hydrogen-bond donors (Lipinski definition) is 1. The van der Waals surface area contributed by atoms with E-state index in [0.29, 0.717) is 12.2 Å². The second-order valence-electron chi connectivity index (χ2n) is 8.27. The van der Waals surface area contributed by atoms with Crippen LogP contribution in [0.2, 0.25) is 0 Å². The molecule has 0 fully saturated rings. The van der Waals surface area contributed by atoms with Gasteiger partial charge in [-0.25, -0.2) is 14.0 Å². The Morgan fingerprint density at radius 1 is 1.09 bits per heavy atom. The minimum absolute atomic E-state index is 0.0247. The normalized spacial score (nSPS) is 14.2. The first-order valence-corrected chi connectivity index (χ1v) is 10.9. The Labute approximate surface area is 202 Å². The van der Waals surface area contributed by atoms with Crippen LogP contribution in [0.5, 0.6) is 11.5 Å². The average molecular weight is 498 g/mol. The highest BCUT2D eigenvalue weighted by molar-refractivity contribution is 5.87. The molecule has 3 atom stereocenters. The van der Waals surface area contributed by atoms with Crippen LogP contribution in [0.4, 0.5) is 13.2 Å². The molecule has 0 saturated heterocycles. The van der Waals surface area contributed by atoms with E-state index in [1.807, 2.05) is 36.4 Å². The number of esters is 1. The zero-order chi connectivity index (χ0) is 26.2. The first-order valence-electron chi connectivity index (χ1n) is 10.9. The standard InChI is InChI=1S/C25H30F3NO6/c1-16(34-24(32)25(27,28)22(26)23(30)31)14-21(29(2)3)35-20-11-6-5-9-18(20)13-12-17-8-7-10-19(15-17)33-4/h5-11,15-16,21-22H,12-14H2,1-4H3,(H,30,31)/t16?,21-,22?/m0/s1. The Kier molecular flexibility index (Phi) is 9.94. The quantitative estimate of drug-likeness (QED) is 0.329. The Bertz CT molecular complexity index is 1000. The van der Waals surface area contributed by atoms with Crippen LogP contribution in [0.3, 0.4) is 0 Å². The number of para-hydroxylation sites is 1. The van der Waals surface area contributed by atoms with Crippen LogP contribution >= 0.6 is 0 Å². The summed E-state index contributed by atoms with van der Waals surface area (Å²) in [6.07, 6.45) is -4.12. The summed E-state index contributed by atoms with van der Waals surface area (Å²) in [5.74, 6) is -8.15. The van der Waals surface area contributed by atoms with Gasteiger partial charge in [-0.1, -0.05) is 30.3 Å². The fourth-order valence-corrected chi connectivity index (χ4v) is 3.30. The highest BCUT2D eigenvalue weighted by Gasteiger charge is 2.54. The van der Waals surface area contributed by atoms with Crippen molar-refractivity contribution in [3.05, 3.63) is 59.7 Å². The van der Waals surface area contributed by atoms with Gasteiger partial charge in [0.15, 0.2) is 6.23 Å². The van der Waals surface area contributed by atoms with E-state index in [1.54, 1.807) is 38.2 Å². The lowest BCUT2D eigenvalue weighted by Gasteiger charge is -2.29. The number of aliphatic carboxylic acids is 1. The van der Waals surface area contributed by atoms with E-state index >= 15 is 0 Å². The molecule has 0 aliphatic heterocycles. The van der Waals surface area contributed by atoms with Gasteiger partial charge in [0.2, 0.25) is 0 Å². The molecule has 0 heterocycles. The molecular weight excluding hydrogens is 467 g/mol. The monoisotopic (exact) mass is 497 g/mol. The fourth-order valence-electron chi connectivity index (χ4n) is 3.30. The molecule has 2 rings (SSSR count). The van der Waals surface area contributed by atoms with Gasteiger partial charge in [0.25, 0.3) is 6.17 Å². The first-order chi connectivity index (χ1) is 16.4. The van der Waals surface area contributed by atoms with Crippen molar-refractivity contribution in [3.8, 4) is 11.5 Å². The Morgan fingerprint density at radius 2 is 1.77 bits per heavy atom. The molecule has 7 nitrogen and oxygen atoms in total. The molecule has 1 N–H and O–H groups in total. The third-order valence-corrected chi connectivity index (χ3v) is 5.28. The molecule has 192 valence electrons. The summed E-state index contributed by atoms with van der Waals surface area (Å²) >= 11 is 0. The van der Waals surface area contributed by atoms with Crippen LogP contribution < -0.4 is 9.47 Å². The van der Waals surface area contributed by atoms with Gasteiger partial charge >= 0.3 is 17.9 Å². The molecule has 0 saturated carbocycles. The van der Waals surface area contributed by atoms with Crippen molar-refractivity contribution in [2.24, 2.45) is 0 Å². The van der Waals surface area contributed by atoms with Crippen molar-refractivity contribution in [3.63, 3.8) is 0 Å². The van der Waals surface area contributed by atoms with E-state index in [9.17, 15) is 22.8 Å². The van der Waals surface area contributed by atoms with Crippen LogP contribution in [0.1, 0.15) is 24.5 Å². The Morgan fingerprint density at radius 3 is 2.40 bits per heavy atom. The molecule has 35 heavy (non-hydrogen) atoms. The number of aryl methyl sites for hydroxylation is 2. The maximum Gasteiger partial charge on any atom is 0.384 e. The zero-order valence-corrected chi connectivity index (χ0v) is 20.0. The molecule has 2 unspecified atom stereocenters. The van der Waals surface area contributed by atoms with Gasteiger partial charge in [0, 0.05) is 6.42 Å². The summed E-state index contributed by atoms with van der Waals surface area (Å²) in [5.41, 5.74) is 2.00. The third kappa shape index (κ3) is 7.88. The lowest BCUT2D eigenvalue weighted by atomic mass is 10.0. The van der Waals surface area contributed by atoms with Crippen LogP contribution in [-0.4, -0.2) is 67.6 Å². The van der Waals surface area contributed by atoms with E-state index in [-0.39, 0.29) is 6.42 Å². The zero-order valence-electron chi connectivity index (χ0n) is 20.0. The maximum atomic E-state index is 13.7. The SMILES string of the molecule is COc1cccc(CCc2ccccc2O[C@@H](CC(C)OC(=O)C(F)(F)C(F)C(=O)O)N(C)C)c1. The van der Waals surface area contributed by atoms with Crippen LogP contribution in [0, 0.1) is 0 Å². The van der Waals surface area contributed by atoms with Crippen molar-refractivity contribution in [2.75, 3.05) is 21.2 Å². The largest absolute Gasteiger partial charge is 0.497 e. The predicted molar refractivity (Wildman–Crippen MR) is 123 cm³/mol. The van der Waals surface area contributed by atoms with Gasteiger partial charge in [-0.05, 0) is 63.2 Å². The Balaban J connectivity index is 2.07. The average Bonchev–Trinajstić information content (AvgIpc) is 2.82. The number of hydrogen-bond acceptors (Lipinski definition) is 6. The lowest BCUT2D eigenvalue weighted by Crippen LogP contribution is -2.46. The minimum atomic E-state index is -4.80. The second kappa shape index (κ2) is 12.4. The number of benzene rings is 2. The smallest absolute Gasteiger partial charge is 0.384 e. The van der Waals surface area contributed by atoms with Crippen molar-refractivity contribution in [2.45, 2.75) is 50.6 Å². The second-order valence-corrected chi connectivity index (χ2v) is 8.27. The minimum Gasteiger partial charge on any atom is -0.497 e. The summed E-state index contributed by atoms with van der Waals surface area (Å²) in [6.45, 7) is 1.34. The molecule has 2 aromatic rings. The summed E-state index contributed by atoms with van der Waals surface area (Å²) in [4.78, 5) is 23.9. The number of halogens is 3. The number of carbonyl (C=O) groups excluding carboxylic acids is 1. The highest BCUT2D eigenvalue weighted by atomic mass is 19.3.